The predicted octanol–water partition coefficient (Wildman–Crippen LogP) is 4.02. The van der Waals surface area contributed by atoms with E-state index in [-0.39, 0.29) is 6.10 Å². The largest absolute Gasteiger partial charge is 0.371 e. The Hall–Kier alpha value is -2.90. The van der Waals surface area contributed by atoms with Gasteiger partial charge in [-0.2, -0.15) is 0 Å². The average Bonchev–Trinajstić information content (AvgIpc) is 3.44. The third-order valence-corrected chi connectivity index (χ3v) is 5.16. The maximum absolute atomic E-state index is 5.99. The Morgan fingerprint density at radius 2 is 1.93 bits per heavy atom. The van der Waals surface area contributed by atoms with Crippen molar-refractivity contribution >= 4 is 0 Å². The Balaban J connectivity index is 1.31. The molecule has 0 N–H and O–H groups in total. The first-order chi connectivity index (χ1) is 13.3. The molecule has 1 aromatic heterocycles. The van der Waals surface area contributed by atoms with Crippen molar-refractivity contribution in [2.45, 2.75) is 31.9 Å². The van der Waals surface area contributed by atoms with Gasteiger partial charge in [-0.1, -0.05) is 53.5 Å². The van der Waals surface area contributed by atoms with Gasteiger partial charge in [-0.3, -0.25) is 0 Å². The molecule has 0 amide bonds. The molecule has 2 aromatic carbocycles. The summed E-state index contributed by atoms with van der Waals surface area (Å²) in [6.07, 6.45) is 5.51. The fraction of sp³-hybridized carbons (Fsp3) is 0.304. The van der Waals surface area contributed by atoms with Crippen LogP contribution in [-0.4, -0.2) is 21.6 Å². The van der Waals surface area contributed by atoms with Crippen molar-refractivity contribution in [1.82, 2.24) is 15.0 Å². The number of fused-ring (bicyclic) bond motifs is 1. The Morgan fingerprint density at radius 3 is 2.78 bits per heavy atom. The normalized spacial score (nSPS) is 18.4. The molecule has 0 radical (unpaired) electrons. The van der Waals surface area contributed by atoms with Gasteiger partial charge in [0.25, 0.3) is 0 Å². The van der Waals surface area contributed by atoms with Gasteiger partial charge in [0.05, 0.1) is 19.3 Å². The number of nitrogens with zero attached hydrogens (tertiary/aromatic N) is 3. The lowest BCUT2D eigenvalue weighted by molar-refractivity contribution is 0.0279. The standard InChI is InChI=1S/C23H21N3O/c1-2-4-21-19(3-1)13-14-27-23(21)16-26-15-22(24-25-26)20-11-9-18(10-12-20)8-7-17-5-6-17/h1-4,9-12,15,17,23H,5-6,13-14,16H2/t23-/m0/s1. The molecular weight excluding hydrogens is 334 g/mol. The molecule has 134 valence electrons. The van der Waals surface area contributed by atoms with Gasteiger partial charge < -0.3 is 4.74 Å². The average molecular weight is 355 g/mol. The Kier molecular flexibility index (Phi) is 4.23. The van der Waals surface area contributed by atoms with Crippen LogP contribution in [0.15, 0.2) is 54.7 Å². The molecule has 1 aliphatic carbocycles. The molecule has 27 heavy (non-hydrogen) atoms. The third-order valence-electron chi connectivity index (χ3n) is 5.16. The van der Waals surface area contributed by atoms with Crippen molar-refractivity contribution in [1.29, 1.82) is 0 Å². The maximum atomic E-state index is 5.99. The van der Waals surface area contributed by atoms with Crippen LogP contribution in [0.3, 0.4) is 0 Å². The summed E-state index contributed by atoms with van der Waals surface area (Å²) in [7, 11) is 0. The molecule has 2 aliphatic rings. The zero-order valence-corrected chi connectivity index (χ0v) is 15.1. The molecule has 1 atom stereocenters. The van der Waals surface area contributed by atoms with E-state index in [1.807, 2.05) is 10.9 Å². The number of ether oxygens (including phenoxy) is 1. The Morgan fingerprint density at radius 1 is 1.07 bits per heavy atom. The van der Waals surface area contributed by atoms with Crippen LogP contribution in [0.2, 0.25) is 0 Å². The van der Waals surface area contributed by atoms with E-state index in [1.165, 1.54) is 24.0 Å². The van der Waals surface area contributed by atoms with Crippen molar-refractivity contribution < 1.29 is 4.74 Å². The maximum Gasteiger partial charge on any atom is 0.113 e. The lowest BCUT2D eigenvalue weighted by atomic mass is 9.98. The summed E-state index contributed by atoms with van der Waals surface area (Å²) in [6, 6.07) is 16.8. The van der Waals surface area contributed by atoms with Crippen LogP contribution in [-0.2, 0) is 17.7 Å². The van der Waals surface area contributed by atoms with Gasteiger partial charge in [-0.05, 0) is 42.5 Å². The SMILES string of the molecule is C(#CC1CC1)c1ccc(-c2cn(C[C@@H]3OCCc4ccccc43)nn2)cc1. The van der Waals surface area contributed by atoms with Gasteiger partial charge in [0.1, 0.15) is 11.8 Å². The first-order valence-electron chi connectivity index (χ1n) is 9.57. The molecule has 0 unspecified atom stereocenters. The minimum atomic E-state index is 0.0320. The van der Waals surface area contributed by atoms with Crippen LogP contribution in [0.1, 0.15) is 35.6 Å². The number of benzene rings is 2. The fourth-order valence-corrected chi connectivity index (χ4v) is 3.46. The van der Waals surface area contributed by atoms with Crippen LogP contribution in [0, 0.1) is 17.8 Å². The van der Waals surface area contributed by atoms with Crippen molar-refractivity contribution in [2.24, 2.45) is 5.92 Å². The lowest BCUT2D eigenvalue weighted by Gasteiger charge is -2.25. The highest BCUT2D eigenvalue weighted by Crippen LogP contribution is 2.29. The second-order valence-electron chi connectivity index (χ2n) is 7.26. The third kappa shape index (κ3) is 3.65. The molecule has 1 saturated carbocycles. The van der Waals surface area contributed by atoms with E-state index in [4.69, 9.17) is 4.74 Å². The van der Waals surface area contributed by atoms with E-state index >= 15 is 0 Å². The number of rotatable bonds is 3. The van der Waals surface area contributed by atoms with E-state index in [0.29, 0.717) is 12.5 Å². The van der Waals surface area contributed by atoms with Gasteiger partial charge in [-0.25, -0.2) is 4.68 Å². The molecule has 5 rings (SSSR count). The number of hydrogen-bond donors (Lipinski definition) is 0. The van der Waals surface area contributed by atoms with Crippen molar-refractivity contribution in [3.63, 3.8) is 0 Å². The van der Waals surface area contributed by atoms with E-state index in [1.54, 1.807) is 0 Å². The highest BCUT2D eigenvalue weighted by atomic mass is 16.5. The zero-order valence-electron chi connectivity index (χ0n) is 15.1. The zero-order chi connectivity index (χ0) is 18.1. The molecule has 3 aromatic rings. The summed E-state index contributed by atoms with van der Waals surface area (Å²) in [5.74, 6) is 7.16. The fourth-order valence-electron chi connectivity index (χ4n) is 3.46. The van der Waals surface area contributed by atoms with E-state index in [9.17, 15) is 0 Å². The van der Waals surface area contributed by atoms with Crippen LogP contribution >= 0.6 is 0 Å². The van der Waals surface area contributed by atoms with Crippen LogP contribution in [0.5, 0.6) is 0 Å². The number of hydrogen-bond acceptors (Lipinski definition) is 3. The molecule has 4 heteroatoms. The Labute approximate surface area is 159 Å². The van der Waals surface area contributed by atoms with Crippen LogP contribution < -0.4 is 0 Å². The summed E-state index contributed by atoms with van der Waals surface area (Å²) in [5, 5.41) is 8.65. The quantitative estimate of drug-likeness (QED) is 0.666. The van der Waals surface area contributed by atoms with Crippen LogP contribution in [0.4, 0.5) is 0 Å². The second-order valence-corrected chi connectivity index (χ2v) is 7.26. The van der Waals surface area contributed by atoms with E-state index in [2.05, 4.69) is 70.7 Å². The summed E-state index contributed by atoms with van der Waals surface area (Å²) in [6.45, 7) is 1.43. The molecule has 1 fully saturated rings. The monoisotopic (exact) mass is 355 g/mol. The predicted molar refractivity (Wildman–Crippen MR) is 104 cm³/mol. The van der Waals surface area contributed by atoms with Crippen LogP contribution in [0.25, 0.3) is 11.3 Å². The first-order valence-corrected chi connectivity index (χ1v) is 9.57. The second kappa shape index (κ2) is 7.02. The van der Waals surface area contributed by atoms with Crippen molar-refractivity contribution in [2.75, 3.05) is 6.61 Å². The summed E-state index contributed by atoms with van der Waals surface area (Å²) >= 11 is 0. The van der Waals surface area contributed by atoms with E-state index in [0.717, 1.165) is 29.8 Å². The highest BCUT2D eigenvalue weighted by molar-refractivity contribution is 5.59. The van der Waals surface area contributed by atoms with Gasteiger partial charge in [0.15, 0.2) is 0 Å². The Bertz CT molecular complexity index is 1010. The van der Waals surface area contributed by atoms with Gasteiger partial charge in [-0.15, -0.1) is 5.10 Å². The molecule has 1 aliphatic heterocycles. The first kappa shape index (κ1) is 16.3. The lowest BCUT2D eigenvalue weighted by Crippen LogP contribution is -2.20. The minimum Gasteiger partial charge on any atom is -0.371 e. The van der Waals surface area contributed by atoms with Gasteiger partial charge >= 0.3 is 0 Å². The molecular formula is C23H21N3O. The molecule has 0 bridgehead atoms. The smallest absolute Gasteiger partial charge is 0.113 e. The summed E-state index contributed by atoms with van der Waals surface area (Å²) < 4.78 is 7.86. The molecule has 0 saturated heterocycles. The van der Waals surface area contributed by atoms with Crippen molar-refractivity contribution in [3.8, 4) is 23.1 Å². The van der Waals surface area contributed by atoms with E-state index < -0.39 is 0 Å². The topological polar surface area (TPSA) is 39.9 Å². The van der Waals surface area contributed by atoms with Crippen molar-refractivity contribution in [3.05, 3.63) is 71.4 Å². The molecule has 0 spiro atoms. The summed E-state index contributed by atoms with van der Waals surface area (Å²) in [4.78, 5) is 0. The minimum absolute atomic E-state index is 0.0320. The summed E-state index contributed by atoms with van der Waals surface area (Å²) in [5.41, 5.74) is 5.63. The van der Waals surface area contributed by atoms with Gasteiger partial charge in [0, 0.05) is 17.0 Å². The number of aromatic nitrogens is 3. The molecule has 4 nitrogen and oxygen atoms in total. The highest BCUT2D eigenvalue weighted by Gasteiger charge is 2.21. The molecule has 2 heterocycles. The van der Waals surface area contributed by atoms with Gasteiger partial charge in [0.2, 0.25) is 0 Å².